The van der Waals surface area contributed by atoms with E-state index in [9.17, 15) is 31.1 Å². The minimum Gasteiger partial charge on any atom is -0.468 e. The Hall–Kier alpha value is -2.77. The van der Waals surface area contributed by atoms with Gasteiger partial charge in [0.05, 0.1) is 18.1 Å². The summed E-state index contributed by atoms with van der Waals surface area (Å²) in [6.45, 7) is 9.28. The first-order valence-corrected chi connectivity index (χ1v) is 9.78. The maximum absolute atomic E-state index is 13.6. The molecule has 0 heterocycles. The van der Waals surface area contributed by atoms with Crippen LogP contribution in [-0.4, -0.2) is 19.3 Å². The predicted octanol–water partition coefficient (Wildman–Crippen LogP) is 7.48. The molecular formula is C24H26F6O2. The van der Waals surface area contributed by atoms with Crippen LogP contribution < -0.4 is 0 Å². The molecule has 0 radical (unpaired) electrons. The van der Waals surface area contributed by atoms with Crippen molar-refractivity contribution >= 4 is 12.5 Å². The smallest absolute Gasteiger partial charge is 0.416 e. The van der Waals surface area contributed by atoms with E-state index in [0.29, 0.717) is 13.1 Å². The topological polar surface area (TPSA) is 26.3 Å². The highest BCUT2D eigenvalue weighted by atomic mass is 19.4. The van der Waals surface area contributed by atoms with Crippen molar-refractivity contribution < 1.29 is 35.9 Å². The number of hydrogen-bond donors (Lipinski definition) is 0. The summed E-state index contributed by atoms with van der Waals surface area (Å²) in [5.41, 5.74) is 1.71. The number of benzene rings is 2. The molecule has 0 amide bonds. The van der Waals surface area contributed by atoms with Gasteiger partial charge in [-0.2, -0.15) is 26.3 Å². The molecule has 32 heavy (non-hydrogen) atoms. The normalized spacial score (nSPS) is 12.8. The first kappa shape index (κ1) is 27.3. The molecule has 0 fully saturated rings. The fourth-order valence-electron chi connectivity index (χ4n) is 2.98. The fourth-order valence-corrected chi connectivity index (χ4v) is 2.98. The molecule has 0 spiro atoms. The van der Waals surface area contributed by atoms with E-state index in [0.717, 1.165) is 34.9 Å². The van der Waals surface area contributed by atoms with Gasteiger partial charge in [-0.05, 0) is 74.1 Å². The van der Waals surface area contributed by atoms with Crippen LogP contribution in [0, 0.1) is 27.7 Å². The van der Waals surface area contributed by atoms with E-state index in [1.54, 1.807) is 20.8 Å². The third kappa shape index (κ3) is 7.73. The van der Waals surface area contributed by atoms with Gasteiger partial charge in [-0.1, -0.05) is 36.4 Å². The van der Waals surface area contributed by atoms with E-state index in [1.807, 2.05) is 6.92 Å². The third-order valence-electron chi connectivity index (χ3n) is 4.94. The lowest BCUT2D eigenvalue weighted by molar-refractivity contribution is -0.139. The van der Waals surface area contributed by atoms with Crippen LogP contribution in [0.3, 0.4) is 0 Å². The standard InChI is InChI=1S/C21H20F6.C3H6O2/c1-12-5-6-16(11-19(12)21(25,26)27)7-8-18(20(22,23)24)17-9-13(2)15(4)14(3)10-17;1-2-5-3-4/h5-11,18H,1-4H3;3H,2H2,1H3/b8-7+;. The molecule has 0 aromatic heterocycles. The lowest BCUT2D eigenvalue weighted by Gasteiger charge is -2.20. The highest BCUT2D eigenvalue weighted by molar-refractivity contribution is 5.54. The van der Waals surface area contributed by atoms with Crippen molar-refractivity contribution in [3.8, 4) is 0 Å². The van der Waals surface area contributed by atoms with Gasteiger partial charge in [0.1, 0.15) is 0 Å². The summed E-state index contributed by atoms with van der Waals surface area (Å²) >= 11 is 0. The van der Waals surface area contributed by atoms with Crippen molar-refractivity contribution in [1.82, 2.24) is 0 Å². The first-order valence-electron chi connectivity index (χ1n) is 9.78. The maximum Gasteiger partial charge on any atom is 0.416 e. The van der Waals surface area contributed by atoms with Crippen LogP contribution in [-0.2, 0) is 15.7 Å². The molecule has 1 atom stereocenters. The monoisotopic (exact) mass is 460 g/mol. The first-order chi connectivity index (χ1) is 14.7. The number of ether oxygens (including phenoxy) is 1. The van der Waals surface area contributed by atoms with Gasteiger partial charge >= 0.3 is 12.4 Å². The van der Waals surface area contributed by atoms with Gasteiger partial charge < -0.3 is 4.74 Å². The number of alkyl halides is 6. The van der Waals surface area contributed by atoms with Crippen molar-refractivity contribution in [3.63, 3.8) is 0 Å². The third-order valence-corrected chi connectivity index (χ3v) is 4.94. The zero-order valence-corrected chi connectivity index (χ0v) is 18.5. The van der Waals surface area contributed by atoms with Crippen LogP contribution in [0.5, 0.6) is 0 Å². The predicted molar refractivity (Wildman–Crippen MR) is 112 cm³/mol. The Balaban J connectivity index is 0.000000920. The second kappa shape index (κ2) is 11.2. The van der Waals surface area contributed by atoms with E-state index < -0.39 is 23.8 Å². The summed E-state index contributed by atoms with van der Waals surface area (Å²) < 4.78 is 83.9. The Morgan fingerprint density at radius 3 is 1.88 bits per heavy atom. The quantitative estimate of drug-likeness (QED) is 0.342. The Kier molecular flexibility index (Phi) is 9.54. The van der Waals surface area contributed by atoms with Crippen molar-refractivity contribution in [2.75, 3.05) is 6.61 Å². The molecule has 0 N–H and O–H groups in total. The van der Waals surface area contributed by atoms with Crippen LogP contribution in [0.25, 0.3) is 6.08 Å². The molecule has 2 nitrogen and oxygen atoms in total. The highest BCUT2D eigenvalue weighted by Gasteiger charge is 2.39. The second-order valence-electron chi connectivity index (χ2n) is 7.28. The lowest BCUT2D eigenvalue weighted by atomic mass is 9.91. The van der Waals surface area contributed by atoms with Crippen molar-refractivity contribution in [1.29, 1.82) is 0 Å². The largest absolute Gasteiger partial charge is 0.468 e. The van der Waals surface area contributed by atoms with Crippen LogP contribution >= 0.6 is 0 Å². The minimum absolute atomic E-state index is 0.0248. The molecule has 8 heteroatoms. The zero-order valence-electron chi connectivity index (χ0n) is 18.5. The molecule has 0 aliphatic rings. The molecule has 0 bridgehead atoms. The molecule has 2 aromatic carbocycles. The summed E-state index contributed by atoms with van der Waals surface area (Å²) in [7, 11) is 0. The van der Waals surface area contributed by atoms with Crippen LogP contribution in [0.2, 0.25) is 0 Å². The Morgan fingerprint density at radius 2 is 1.47 bits per heavy atom. The highest BCUT2D eigenvalue weighted by Crippen LogP contribution is 2.38. The van der Waals surface area contributed by atoms with Gasteiger partial charge in [0.25, 0.3) is 6.47 Å². The average molecular weight is 460 g/mol. The van der Waals surface area contributed by atoms with Gasteiger partial charge in [0.2, 0.25) is 0 Å². The number of rotatable bonds is 5. The van der Waals surface area contributed by atoms with Gasteiger partial charge in [-0.3, -0.25) is 4.79 Å². The number of halogens is 6. The second-order valence-corrected chi connectivity index (χ2v) is 7.28. The molecule has 0 aliphatic heterocycles. The molecule has 2 aromatic rings. The molecule has 0 saturated heterocycles. The van der Waals surface area contributed by atoms with Gasteiger partial charge in [0.15, 0.2) is 0 Å². The Morgan fingerprint density at radius 1 is 0.906 bits per heavy atom. The fraction of sp³-hybridized carbons (Fsp3) is 0.375. The molecule has 1 unspecified atom stereocenters. The average Bonchev–Trinajstić information content (AvgIpc) is 2.66. The number of carbonyl (C=O) groups excluding carboxylic acids is 1. The Labute approximate surface area is 183 Å². The van der Waals surface area contributed by atoms with Gasteiger partial charge in [-0.25, -0.2) is 0 Å². The molecule has 176 valence electrons. The van der Waals surface area contributed by atoms with Crippen molar-refractivity contribution in [2.45, 2.75) is 52.9 Å². The van der Waals surface area contributed by atoms with E-state index in [2.05, 4.69) is 4.74 Å². The SMILES string of the molecule is CCOC=O.Cc1ccc(/C=C/C(c2cc(C)c(C)c(C)c2)C(F)(F)F)cc1C(F)(F)F. The molecular weight excluding hydrogens is 434 g/mol. The van der Waals surface area contributed by atoms with E-state index in [4.69, 9.17) is 0 Å². The van der Waals surface area contributed by atoms with E-state index in [-0.39, 0.29) is 16.7 Å². The van der Waals surface area contributed by atoms with E-state index >= 15 is 0 Å². The lowest BCUT2D eigenvalue weighted by Crippen LogP contribution is -2.19. The number of hydrogen-bond acceptors (Lipinski definition) is 2. The van der Waals surface area contributed by atoms with Crippen LogP contribution in [0.4, 0.5) is 26.3 Å². The number of allylic oxidation sites excluding steroid dienone is 1. The van der Waals surface area contributed by atoms with Crippen molar-refractivity contribution in [3.05, 3.63) is 75.4 Å². The molecule has 0 saturated carbocycles. The summed E-state index contributed by atoms with van der Waals surface area (Å²) in [5, 5.41) is 0. The number of aryl methyl sites for hydroxylation is 3. The maximum atomic E-state index is 13.6. The van der Waals surface area contributed by atoms with Crippen molar-refractivity contribution in [2.24, 2.45) is 0 Å². The van der Waals surface area contributed by atoms with E-state index in [1.165, 1.54) is 31.2 Å². The van der Waals surface area contributed by atoms with Gasteiger partial charge in [0, 0.05) is 0 Å². The van der Waals surface area contributed by atoms with Gasteiger partial charge in [-0.15, -0.1) is 0 Å². The minimum atomic E-state index is -4.55. The summed E-state index contributed by atoms with van der Waals surface area (Å²) in [6, 6.07) is 6.44. The molecule has 2 rings (SSSR count). The zero-order chi connectivity index (χ0) is 24.7. The van der Waals surface area contributed by atoms with Crippen LogP contribution in [0.1, 0.15) is 51.8 Å². The van der Waals surface area contributed by atoms with Crippen LogP contribution in [0.15, 0.2) is 36.4 Å². The summed E-state index contributed by atoms with van der Waals surface area (Å²) in [6.07, 6.45) is -7.10. The molecule has 0 aliphatic carbocycles. The Bertz CT molecular complexity index is 919. The number of carbonyl (C=O) groups is 1. The summed E-state index contributed by atoms with van der Waals surface area (Å²) in [5.74, 6) is -1.90. The summed E-state index contributed by atoms with van der Waals surface area (Å²) in [4.78, 5) is 9.18.